The molecule has 0 bridgehead atoms. The predicted octanol–water partition coefficient (Wildman–Crippen LogP) is 2.52. The fraction of sp³-hybridized carbons (Fsp3) is 0.133. The Bertz CT molecular complexity index is 585. The molecule has 0 aliphatic rings. The molecule has 0 unspecified atom stereocenters. The van der Waals surface area contributed by atoms with Gasteiger partial charge in [0.2, 0.25) is 5.91 Å². The summed E-state index contributed by atoms with van der Waals surface area (Å²) in [4.78, 5) is 15.7. The fourth-order valence-electron chi connectivity index (χ4n) is 1.66. The number of nitrogens with zero attached hydrogens (tertiary/aromatic N) is 2. The van der Waals surface area contributed by atoms with Crippen LogP contribution in [0.3, 0.4) is 0 Å². The number of hydrogen-bond donors (Lipinski definition) is 1. The minimum atomic E-state index is -0.0403. The lowest BCUT2D eigenvalue weighted by atomic mass is 10.1. The van der Waals surface area contributed by atoms with Gasteiger partial charge in [0.1, 0.15) is 0 Å². The van der Waals surface area contributed by atoms with Crippen molar-refractivity contribution in [2.75, 3.05) is 5.32 Å². The summed E-state index contributed by atoms with van der Waals surface area (Å²) >= 11 is 0. The lowest BCUT2D eigenvalue weighted by molar-refractivity contribution is -0.116. The fourth-order valence-corrected chi connectivity index (χ4v) is 1.66. The molecule has 1 aromatic heterocycles. The summed E-state index contributed by atoms with van der Waals surface area (Å²) in [5.74, 6) is -0.0403. The number of anilines is 1. The normalized spacial score (nSPS) is 9.63. The molecule has 1 amide bonds. The van der Waals surface area contributed by atoms with Crippen molar-refractivity contribution >= 4 is 11.6 Å². The van der Waals surface area contributed by atoms with Gasteiger partial charge in [-0.3, -0.25) is 9.78 Å². The topological polar surface area (TPSA) is 65.8 Å². The van der Waals surface area contributed by atoms with Crippen molar-refractivity contribution in [3.63, 3.8) is 0 Å². The minimum Gasteiger partial charge on any atom is -0.326 e. The van der Waals surface area contributed by atoms with Crippen LogP contribution in [0.2, 0.25) is 0 Å². The van der Waals surface area contributed by atoms with Crippen LogP contribution >= 0.6 is 0 Å². The molecule has 4 nitrogen and oxygen atoms in total. The Morgan fingerprint density at radius 1 is 1.16 bits per heavy atom. The quantitative estimate of drug-likeness (QED) is 0.908. The Morgan fingerprint density at radius 3 is 2.47 bits per heavy atom. The van der Waals surface area contributed by atoms with E-state index in [2.05, 4.69) is 10.3 Å². The summed E-state index contributed by atoms with van der Waals surface area (Å²) in [6.07, 6.45) is 4.54. The average Bonchev–Trinajstić information content (AvgIpc) is 2.47. The van der Waals surface area contributed by atoms with E-state index in [4.69, 9.17) is 5.26 Å². The van der Waals surface area contributed by atoms with E-state index in [0.717, 1.165) is 5.56 Å². The van der Waals surface area contributed by atoms with Crippen LogP contribution in [0.5, 0.6) is 0 Å². The zero-order chi connectivity index (χ0) is 13.5. The molecule has 0 atom stereocenters. The van der Waals surface area contributed by atoms with E-state index in [-0.39, 0.29) is 5.91 Å². The third kappa shape index (κ3) is 3.93. The molecule has 19 heavy (non-hydrogen) atoms. The number of pyridine rings is 1. The lowest BCUT2D eigenvalue weighted by Crippen LogP contribution is -2.12. The number of hydrogen-bond acceptors (Lipinski definition) is 3. The number of aryl methyl sites for hydroxylation is 1. The Balaban J connectivity index is 1.86. The number of carbonyl (C=O) groups is 1. The van der Waals surface area contributed by atoms with Crippen molar-refractivity contribution in [2.24, 2.45) is 0 Å². The first kappa shape index (κ1) is 12.8. The maximum atomic E-state index is 11.7. The highest BCUT2D eigenvalue weighted by molar-refractivity contribution is 5.90. The molecule has 0 saturated carbocycles. The van der Waals surface area contributed by atoms with Gasteiger partial charge in [0.25, 0.3) is 0 Å². The highest BCUT2D eigenvalue weighted by Gasteiger charge is 2.03. The van der Waals surface area contributed by atoms with Crippen LogP contribution in [-0.4, -0.2) is 10.9 Å². The molecule has 0 spiro atoms. The molecule has 94 valence electrons. The van der Waals surface area contributed by atoms with Crippen LogP contribution in [0.25, 0.3) is 0 Å². The number of carbonyl (C=O) groups excluding carboxylic acids is 1. The Hall–Kier alpha value is -2.67. The van der Waals surface area contributed by atoms with Crippen molar-refractivity contribution in [3.8, 4) is 6.07 Å². The average molecular weight is 251 g/mol. The zero-order valence-electron chi connectivity index (χ0n) is 10.3. The van der Waals surface area contributed by atoms with Gasteiger partial charge in [-0.1, -0.05) is 0 Å². The molecular formula is C15H13N3O. The van der Waals surface area contributed by atoms with Crippen LogP contribution in [-0.2, 0) is 11.2 Å². The highest BCUT2D eigenvalue weighted by Crippen LogP contribution is 2.10. The minimum absolute atomic E-state index is 0.0403. The molecule has 0 aliphatic carbocycles. The third-order valence-corrected chi connectivity index (χ3v) is 2.69. The van der Waals surface area contributed by atoms with E-state index in [0.29, 0.717) is 24.1 Å². The lowest BCUT2D eigenvalue weighted by Gasteiger charge is -2.05. The first-order chi connectivity index (χ1) is 9.28. The maximum absolute atomic E-state index is 11.7. The number of nitriles is 1. The van der Waals surface area contributed by atoms with Crippen molar-refractivity contribution in [1.29, 1.82) is 5.26 Å². The van der Waals surface area contributed by atoms with Crippen LogP contribution in [0.15, 0.2) is 48.8 Å². The van der Waals surface area contributed by atoms with Gasteiger partial charge in [-0.05, 0) is 48.4 Å². The molecule has 0 aliphatic heterocycles. The summed E-state index contributed by atoms with van der Waals surface area (Å²) in [6, 6.07) is 12.6. The van der Waals surface area contributed by atoms with E-state index in [1.165, 1.54) is 0 Å². The molecule has 2 aromatic rings. The second-order valence-corrected chi connectivity index (χ2v) is 4.09. The first-order valence-electron chi connectivity index (χ1n) is 5.97. The van der Waals surface area contributed by atoms with E-state index in [1.54, 1.807) is 36.7 Å². The van der Waals surface area contributed by atoms with Crippen LogP contribution in [0, 0.1) is 11.3 Å². The summed E-state index contributed by atoms with van der Waals surface area (Å²) in [6.45, 7) is 0. The van der Waals surface area contributed by atoms with Crippen LogP contribution in [0.1, 0.15) is 17.5 Å². The van der Waals surface area contributed by atoms with Crippen LogP contribution in [0.4, 0.5) is 5.69 Å². The molecule has 4 heteroatoms. The number of benzene rings is 1. The molecule has 0 saturated heterocycles. The number of nitrogens with one attached hydrogen (secondary N) is 1. The molecule has 0 fully saturated rings. The van der Waals surface area contributed by atoms with Gasteiger partial charge in [0.05, 0.1) is 11.6 Å². The van der Waals surface area contributed by atoms with Crippen LogP contribution < -0.4 is 5.32 Å². The smallest absolute Gasteiger partial charge is 0.224 e. The van der Waals surface area contributed by atoms with E-state index >= 15 is 0 Å². The SMILES string of the molecule is N#Cc1ccc(NC(=O)CCc2ccncc2)cc1. The third-order valence-electron chi connectivity index (χ3n) is 2.69. The zero-order valence-corrected chi connectivity index (χ0v) is 10.3. The molecule has 0 radical (unpaired) electrons. The molecule has 2 rings (SSSR count). The summed E-state index contributed by atoms with van der Waals surface area (Å²) < 4.78 is 0. The summed E-state index contributed by atoms with van der Waals surface area (Å²) in [5, 5.41) is 11.5. The van der Waals surface area contributed by atoms with Crippen molar-refractivity contribution in [3.05, 3.63) is 59.9 Å². The Kier molecular flexibility index (Phi) is 4.25. The first-order valence-corrected chi connectivity index (χ1v) is 5.97. The predicted molar refractivity (Wildman–Crippen MR) is 72.3 cm³/mol. The molecule has 1 aromatic carbocycles. The van der Waals surface area contributed by atoms with Crippen molar-refractivity contribution in [1.82, 2.24) is 4.98 Å². The second kappa shape index (κ2) is 6.31. The van der Waals surface area contributed by atoms with Gasteiger partial charge in [-0.2, -0.15) is 5.26 Å². The van der Waals surface area contributed by atoms with Gasteiger partial charge in [0.15, 0.2) is 0 Å². The molecular weight excluding hydrogens is 238 g/mol. The standard InChI is InChI=1S/C15H13N3O/c16-11-13-1-4-14(5-2-13)18-15(19)6-3-12-7-9-17-10-8-12/h1-2,4-5,7-10H,3,6H2,(H,18,19). The molecule has 1 N–H and O–H groups in total. The van der Waals surface area contributed by atoms with Gasteiger partial charge in [-0.15, -0.1) is 0 Å². The van der Waals surface area contributed by atoms with E-state index in [9.17, 15) is 4.79 Å². The largest absolute Gasteiger partial charge is 0.326 e. The van der Waals surface area contributed by atoms with Gasteiger partial charge in [0, 0.05) is 24.5 Å². The number of amides is 1. The summed E-state index contributed by atoms with van der Waals surface area (Å²) in [5.41, 5.74) is 2.37. The van der Waals surface area contributed by atoms with Gasteiger partial charge in [-0.25, -0.2) is 0 Å². The maximum Gasteiger partial charge on any atom is 0.224 e. The number of rotatable bonds is 4. The highest BCUT2D eigenvalue weighted by atomic mass is 16.1. The monoisotopic (exact) mass is 251 g/mol. The Labute approximate surface area is 111 Å². The molecule has 1 heterocycles. The van der Waals surface area contributed by atoms with Gasteiger partial charge >= 0.3 is 0 Å². The number of aromatic nitrogens is 1. The van der Waals surface area contributed by atoms with Gasteiger partial charge < -0.3 is 5.32 Å². The van der Waals surface area contributed by atoms with E-state index in [1.807, 2.05) is 18.2 Å². The second-order valence-electron chi connectivity index (χ2n) is 4.09. The van der Waals surface area contributed by atoms with Crippen molar-refractivity contribution in [2.45, 2.75) is 12.8 Å². The van der Waals surface area contributed by atoms with E-state index < -0.39 is 0 Å². The van der Waals surface area contributed by atoms with Crippen molar-refractivity contribution < 1.29 is 4.79 Å². The Morgan fingerprint density at radius 2 is 1.84 bits per heavy atom. The summed E-state index contributed by atoms with van der Waals surface area (Å²) in [7, 11) is 0.